The van der Waals surface area contributed by atoms with E-state index < -0.39 is 0 Å². The van der Waals surface area contributed by atoms with Gasteiger partial charge in [-0.15, -0.1) is 6.42 Å². The molecule has 0 saturated carbocycles. The third kappa shape index (κ3) is 2.38. The van der Waals surface area contributed by atoms with E-state index in [0.29, 0.717) is 5.95 Å². The summed E-state index contributed by atoms with van der Waals surface area (Å²) in [5.74, 6) is 3.26. The number of nitrogens with zero attached hydrogens (tertiary/aromatic N) is 2. The summed E-state index contributed by atoms with van der Waals surface area (Å²) in [5, 5.41) is 13.3. The molecular weight excluding hydrogens is 250 g/mol. The van der Waals surface area contributed by atoms with Gasteiger partial charge in [0.2, 0.25) is 5.95 Å². The van der Waals surface area contributed by atoms with Crippen LogP contribution < -0.4 is 5.32 Å². The van der Waals surface area contributed by atoms with Crippen LogP contribution in [0.1, 0.15) is 5.56 Å². The Labute approximate surface area is 116 Å². The first kappa shape index (κ1) is 12.0. The second-order valence-corrected chi connectivity index (χ2v) is 4.29. The average Bonchev–Trinajstić information content (AvgIpc) is 2.47. The zero-order valence-corrected chi connectivity index (χ0v) is 10.5. The van der Waals surface area contributed by atoms with E-state index >= 15 is 0 Å². The van der Waals surface area contributed by atoms with E-state index in [2.05, 4.69) is 21.2 Å². The Balaban J connectivity index is 1.94. The molecule has 96 valence electrons. The van der Waals surface area contributed by atoms with Crippen molar-refractivity contribution in [1.82, 2.24) is 9.97 Å². The summed E-state index contributed by atoms with van der Waals surface area (Å²) in [6.45, 7) is 0. The van der Waals surface area contributed by atoms with Crippen molar-refractivity contribution in [2.24, 2.45) is 0 Å². The van der Waals surface area contributed by atoms with Crippen molar-refractivity contribution in [2.75, 3.05) is 5.32 Å². The maximum Gasteiger partial charge on any atom is 0.227 e. The smallest absolute Gasteiger partial charge is 0.227 e. The zero-order valence-electron chi connectivity index (χ0n) is 10.5. The summed E-state index contributed by atoms with van der Waals surface area (Å²) in [4.78, 5) is 8.60. The molecule has 2 aromatic carbocycles. The highest BCUT2D eigenvalue weighted by molar-refractivity contribution is 5.80. The summed E-state index contributed by atoms with van der Waals surface area (Å²) >= 11 is 0. The van der Waals surface area contributed by atoms with Crippen LogP contribution in [0.4, 0.5) is 11.6 Å². The molecule has 1 heterocycles. The summed E-state index contributed by atoms with van der Waals surface area (Å²) < 4.78 is 0. The van der Waals surface area contributed by atoms with E-state index in [-0.39, 0.29) is 5.75 Å². The number of anilines is 2. The SMILES string of the molecule is C#Cc1cccc(Nc2ncc3cc(O)ccc3n2)c1. The fourth-order valence-electron chi connectivity index (χ4n) is 1.90. The summed E-state index contributed by atoms with van der Waals surface area (Å²) in [5.41, 5.74) is 2.38. The number of rotatable bonds is 2. The second kappa shape index (κ2) is 4.90. The van der Waals surface area contributed by atoms with Crippen LogP contribution >= 0.6 is 0 Å². The van der Waals surface area contributed by atoms with Gasteiger partial charge in [0, 0.05) is 22.8 Å². The molecule has 0 bridgehead atoms. The number of phenols is 1. The number of terminal acetylenes is 1. The van der Waals surface area contributed by atoms with Gasteiger partial charge in [-0.2, -0.15) is 0 Å². The van der Waals surface area contributed by atoms with Gasteiger partial charge < -0.3 is 10.4 Å². The van der Waals surface area contributed by atoms with E-state index in [0.717, 1.165) is 22.2 Å². The van der Waals surface area contributed by atoms with Gasteiger partial charge >= 0.3 is 0 Å². The molecule has 0 atom stereocenters. The number of phenolic OH excluding ortho intramolecular Hbond substituents is 1. The number of aromatic nitrogens is 2. The van der Waals surface area contributed by atoms with Crippen LogP contribution in [0.3, 0.4) is 0 Å². The maximum absolute atomic E-state index is 9.40. The molecule has 3 rings (SSSR count). The third-order valence-corrected chi connectivity index (χ3v) is 2.85. The summed E-state index contributed by atoms with van der Waals surface area (Å²) in [6.07, 6.45) is 7.03. The number of nitrogens with one attached hydrogen (secondary N) is 1. The molecule has 0 saturated heterocycles. The van der Waals surface area contributed by atoms with Crippen molar-refractivity contribution in [3.8, 4) is 18.1 Å². The number of hydrogen-bond donors (Lipinski definition) is 2. The van der Waals surface area contributed by atoms with Crippen LogP contribution in [-0.2, 0) is 0 Å². The summed E-state index contributed by atoms with van der Waals surface area (Å²) in [6, 6.07) is 12.4. The van der Waals surface area contributed by atoms with Crippen LogP contribution in [0.2, 0.25) is 0 Å². The predicted octanol–water partition coefficient (Wildman–Crippen LogP) is 3.06. The molecule has 4 nitrogen and oxygen atoms in total. The number of benzene rings is 2. The van der Waals surface area contributed by atoms with Gasteiger partial charge in [0.1, 0.15) is 5.75 Å². The third-order valence-electron chi connectivity index (χ3n) is 2.85. The average molecular weight is 261 g/mol. The normalized spacial score (nSPS) is 10.2. The van der Waals surface area contributed by atoms with Crippen LogP contribution in [0, 0.1) is 12.3 Å². The van der Waals surface area contributed by atoms with Gasteiger partial charge in [0.25, 0.3) is 0 Å². The lowest BCUT2D eigenvalue weighted by Gasteiger charge is -2.06. The number of fused-ring (bicyclic) bond motifs is 1. The monoisotopic (exact) mass is 261 g/mol. The highest BCUT2D eigenvalue weighted by Gasteiger charge is 2.02. The first-order valence-corrected chi connectivity index (χ1v) is 6.04. The predicted molar refractivity (Wildman–Crippen MR) is 78.9 cm³/mol. The highest BCUT2D eigenvalue weighted by atomic mass is 16.3. The molecule has 0 aliphatic carbocycles. The number of hydrogen-bond acceptors (Lipinski definition) is 4. The minimum Gasteiger partial charge on any atom is -0.508 e. The number of aromatic hydroxyl groups is 1. The lowest BCUT2D eigenvalue weighted by Crippen LogP contribution is -1.97. The highest BCUT2D eigenvalue weighted by Crippen LogP contribution is 2.20. The minimum atomic E-state index is 0.198. The van der Waals surface area contributed by atoms with Gasteiger partial charge in [0.05, 0.1) is 5.52 Å². The standard InChI is InChI=1S/C16H11N3O/c1-2-11-4-3-5-13(8-11)18-16-17-10-12-9-14(20)6-7-15(12)19-16/h1,3-10,20H,(H,17,18,19). The van der Waals surface area contributed by atoms with E-state index in [1.807, 2.05) is 24.3 Å². The Hall–Kier alpha value is -3.06. The molecule has 0 fully saturated rings. The molecule has 0 aliphatic heterocycles. The van der Waals surface area contributed by atoms with Crippen LogP contribution in [-0.4, -0.2) is 15.1 Å². The molecule has 0 amide bonds. The fourth-order valence-corrected chi connectivity index (χ4v) is 1.90. The first-order chi connectivity index (χ1) is 9.74. The molecule has 0 aliphatic rings. The molecule has 0 radical (unpaired) electrons. The molecule has 4 heteroatoms. The van der Waals surface area contributed by atoms with Gasteiger partial charge in [-0.05, 0) is 36.4 Å². The van der Waals surface area contributed by atoms with Crippen molar-refractivity contribution in [3.05, 3.63) is 54.2 Å². The van der Waals surface area contributed by atoms with Crippen molar-refractivity contribution >= 4 is 22.5 Å². The largest absolute Gasteiger partial charge is 0.508 e. The van der Waals surface area contributed by atoms with E-state index in [1.165, 1.54) is 0 Å². The molecule has 20 heavy (non-hydrogen) atoms. The molecule has 3 aromatic rings. The Bertz CT molecular complexity index is 821. The van der Waals surface area contributed by atoms with Crippen LogP contribution in [0.5, 0.6) is 5.75 Å². The Kier molecular flexibility index (Phi) is 2.94. The minimum absolute atomic E-state index is 0.198. The summed E-state index contributed by atoms with van der Waals surface area (Å²) in [7, 11) is 0. The van der Waals surface area contributed by atoms with Crippen molar-refractivity contribution in [1.29, 1.82) is 0 Å². The van der Waals surface area contributed by atoms with Crippen molar-refractivity contribution in [3.63, 3.8) is 0 Å². The van der Waals surface area contributed by atoms with E-state index in [4.69, 9.17) is 6.42 Å². The zero-order chi connectivity index (χ0) is 13.9. The fraction of sp³-hybridized carbons (Fsp3) is 0. The Morgan fingerprint density at radius 1 is 1.15 bits per heavy atom. The lowest BCUT2D eigenvalue weighted by molar-refractivity contribution is 0.476. The Morgan fingerprint density at radius 2 is 2.05 bits per heavy atom. The van der Waals surface area contributed by atoms with Gasteiger partial charge in [-0.1, -0.05) is 12.0 Å². The second-order valence-electron chi connectivity index (χ2n) is 4.29. The van der Waals surface area contributed by atoms with Gasteiger partial charge in [0.15, 0.2) is 0 Å². The van der Waals surface area contributed by atoms with Gasteiger partial charge in [-0.3, -0.25) is 0 Å². The van der Waals surface area contributed by atoms with E-state index in [9.17, 15) is 5.11 Å². The molecule has 0 spiro atoms. The topological polar surface area (TPSA) is 58.0 Å². The van der Waals surface area contributed by atoms with Gasteiger partial charge in [-0.25, -0.2) is 9.97 Å². The Morgan fingerprint density at radius 3 is 2.90 bits per heavy atom. The molecule has 1 aromatic heterocycles. The first-order valence-electron chi connectivity index (χ1n) is 6.04. The van der Waals surface area contributed by atoms with E-state index in [1.54, 1.807) is 24.4 Å². The molecular formula is C16H11N3O. The van der Waals surface area contributed by atoms with Crippen LogP contribution in [0.25, 0.3) is 10.9 Å². The molecule has 0 unspecified atom stereocenters. The quantitative estimate of drug-likeness (QED) is 0.696. The lowest BCUT2D eigenvalue weighted by atomic mass is 10.2. The van der Waals surface area contributed by atoms with Crippen molar-refractivity contribution < 1.29 is 5.11 Å². The van der Waals surface area contributed by atoms with Crippen molar-refractivity contribution in [2.45, 2.75) is 0 Å². The maximum atomic E-state index is 9.40. The molecule has 2 N–H and O–H groups in total. The van der Waals surface area contributed by atoms with Crippen LogP contribution in [0.15, 0.2) is 48.7 Å².